The van der Waals surface area contributed by atoms with Crippen molar-refractivity contribution in [3.05, 3.63) is 71.1 Å². The number of thiazole rings is 1. The Bertz CT molecular complexity index is 1250. The number of pyridine rings is 1. The molecule has 4 heterocycles. The van der Waals surface area contributed by atoms with Crippen LogP contribution in [0.2, 0.25) is 0 Å². The molecule has 0 bridgehead atoms. The van der Waals surface area contributed by atoms with Crippen molar-refractivity contribution < 1.29 is 19.1 Å². The first-order valence-electron chi connectivity index (χ1n) is 9.49. The lowest BCUT2D eigenvalue weighted by molar-refractivity contribution is -0.120. The molecule has 1 aliphatic rings. The number of nitrogens with one attached hydrogen (secondary N) is 2. The van der Waals surface area contributed by atoms with Gasteiger partial charge < -0.3 is 19.2 Å². The van der Waals surface area contributed by atoms with E-state index in [1.807, 2.05) is 35.0 Å². The molecule has 0 aliphatic carbocycles. The lowest BCUT2D eigenvalue weighted by Gasteiger charge is -2.03. The van der Waals surface area contributed by atoms with Crippen LogP contribution in [0.5, 0.6) is 11.5 Å². The number of anilines is 1. The topological polar surface area (TPSA) is 107 Å². The van der Waals surface area contributed by atoms with Gasteiger partial charge in [0, 0.05) is 23.3 Å². The third-order valence-electron chi connectivity index (χ3n) is 4.63. The van der Waals surface area contributed by atoms with Gasteiger partial charge >= 0.3 is 0 Å². The molecule has 5 rings (SSSR count). The molecule has 3 aromatic heterocycles. The molecule has 4 aromatic rings. The number of hydrogen-bond donors (Lipinski definition) is 2. The van der Waals surface area contributed by atoms with Crippen molar-refractivity contribution >= 4 is 33.9 Å². The summed E-state index contributed by atoms with van der Waals surface area (Å²) < 4.78 is 12.4. The Balaban J connectivity index is 1.15. The molecule has 0 radical (unpaired) electrons. The first-order chi connectivity index (χ1) is 15.1. The Kier molecular flexibility index (Phi) is 4.97. The average molecular weight is 435 g/mol. The van der Waals surface area contributed by atoms with Gasteiger partial charge in [0.1, 0.15) is 5.65 Å². The van der Waals surface area contributed by atoms with Gasteiger partial charge in [-0.25, -0.2) is 9.97 Å². The van der Waals surface area contributed by atoms with Gasteiger partial charge in [-0.3, -0.25) is 14.9 Å². The summed E-state index contributed by atoms with van der Waals surface area (Å²) in [5, 5.41) is 7.76. The Morgan fingerprint density at radius 2 is 2.00 bits per heavy atom. The molecule has 1 aliphatic heterocycles. The Morgan fingerprint density at radius 1 is 1.10 bits per heavy atom. The van der Waals surface area contributed by atoms with Crippen molar-refractivity contribution in [1.82, 2.24) is 19.7 Å². The minimum atomic E-state index is -0.310. The maximum absolute atomic E-state index is 12.4. The van der Waals surface area contributed by atoms with Crippen LogP contribution < -0.4 is 20.1 Å². The van der Waals surface area contributed by atoms with E-state index in [1.54, 1.807) is 23.6 Å². The van der Waals surface area contributed by atoms with Crippen LogP contribution in [0, 0.1) is 0 Å². The van der Waals surface area contributed by atoms with Gasteiger partial charge in [-0.15, -0.1) is 11.3 Å². The fourth-order valence-corrected chi connectivity index (χ4v) is 3.85. The number of fused-ring (bicyclic) bond motifs is 2. The number of aromatic nitrogens is 3. The molecule has 0 unspecified atom stereocenters. The van der Waals surface area contributed by atoms with Crippen molar-refractivity contribution in [2.75, 3.05) is 12.1 Å². The number of nitrogens with zero attached hydrogens (tertiary/aromatic N) is 3. The minimum Gasteiger partial charge on any atom is -0.454 e. The van der Waals surface area contributed by atoms with Crippen LogP contribution in [0.4, 0.5) is 5.13 Å². The number of carbonyl (C=O) groups is 2. The number of carbonyl (C=O) groups excluding carboxylic acids is 2. The summed E-state index contributed by atoms with van der Waals surface area (Å²) in [6.45, 7) is 0.480. The lowest BCUT2D eigenvalue weighted by Crippen LogP contribution is -2.24. The van der Waals surface area contributed by atoms with Crippen LogP contribution in [-0.2, 0) is 17.8 Å². The second-order valence-corrected chi connectivity index (χ2v) is 7.68. The van der Waals surface area contributed by atoms with E-state index in [0.29, 0.717) is 34.4 Å². The smallest absolute Gasteiger partial charge is 0.257 e. The van der Waals surface area contributed by atoms with Crippen LogP contribution in [-0.4, -0.2) is 33.0 Å². The van der Waals surface area contributed by atoms with E-state index in [0.717, 1.165) is 11.3 Å². The zero-order valence-electron chi connectivity index (χ0n) is 16.2. The normalized spacial score (nSPS) is 12.1. The molecule has 31 heavy (non-hydrogen) atoms. The van der Waals surface area contributed by atoms with E-state index < -0.39 is 0 Å². The number of amides is 2. The molecule has 2 N–H and O–H groups in total. The summed E-state index contributed by atoms with van der Waals surface area (Å²) in [6.07, 6.45) is 3.90. The molecular weight excluding hydrogens is 418 g/mol. The first-order valence-corrected chi connectivity index (χ1v) is 10.4. The standard InChI is InChI=1S/C21H17N5O4S/c27-19(22-9-15-10-26-6-2-1-3-18(26)23-15)8-14-11-31-21(24-14)25-20(28)13-4-5-16-17(7-13)30-12-29-16/h1-7,10-11H,8-9,12H2,(H,22,27)(H,24,25,28). The number of imidazole rings is 1. The Morgan fingerprint density at radius 3 is 2.90 bits per heavy atom. The van der Waals surface area contributed by atoms with Gasteiger partial charge in [-0.1, -0.05) is 6.07 Å². The van der Waals surface area contributed by atoms with Gasteiger partial charge in [-0.2, -0.15) is 0 Å². The molecule has 1 aromatic carbocycles. The predicted octanol–water partition coefficient (Wildman–Crippen LogP) is 2.63. The van der Waals surface area contributed by atoms with Crippen molar-refractivity contribution in [1.29, 1.82) is 0 Å². The third-order valence-corrected chi connectivity index (χ3v) is 5.44. The second-order valence-electron chi connectivity index (χ2n) is 6.82. The zero-order valence-corrected chi connectivity index (χ0v) is 17.0. The first kappa shape index (κ1) is 19.1. The third kappa shape index (κ3) is 4.19. The van der Waals surface area contributed by atoms with Crippen molar-refractivity contribution in [3.63, 3.8) is 0 Å². The number of ether oxygens (including phenoxy) is 2. The highest BCUT2D eigenvalue weighted by atomic mass is 32.1. The molecule has 0 saturated carbocycles. The molecule has 156 valence electrons. The summed E-state index contributed by atoms with van der Waals surface area (Å²) in [5.41, 5.74) is 2.62. The second kappa shape index (κ2) is 8.07. The molecule has 2 amide bonds. The molecule has 0 saturated heterocycles. The average Bonchev–Trinajstić information content (AvgIpc) is 3.50. The van der Waals surface area contributed by atoms with Crippen LogP contribution in [0.15, 0.2) is 54.2 Å². The maximum Gasteiger partial charge on any atom is 0.257 e. The van der Waals surface area contributed by atoms with E-state index >= 15 is 0 Å². The van der Waals surface area contributed by atoms with Crippen LogP contribution >= 0.6 is 11.3 Å². The number of hydrogen-bond acceptors (Lipinski definition) is 7. The minimum absolute atomic E-state index is 0.115. The van der Waals surface area contributed by atoms with Gasteiger partial charge in [0.25, 0.3) is 5.91 Å². The van der Waals surface area contributed by atoms with Gasteiger partial charge in [0.05, 0.1) is 24.4 Å². The van der Waals surface area contributed by atoms with Crippen molar-refractivity contribution in [2.24, 2.45) is 0 Å². The largest absolute Gasteiger partial charge is 0.454 e. The summed E-state index contributed by atoms with van der Waals surface area (Å²) in [7, 11) is 0. The van der Waals surface area contributed by atoms with Crippen molar-refractivity contribution in [2.45, 2.75) is 13.0 Å². The van der Waals surface area contributed by atoms with Crippen LogP contribution in [0.3, 0.4) is 0 Å². The molecule has 9 nitrogen and oxygen atoms in total. The highest BCUT2D eigenvalue weighted by molar-refractivity contribution is 7.14. The van der Waals surface area contributed by atoms with E-state index in [9.17, 15) is 9.59 Å². The van der Waals surface area contributed by atoms with Crippen molar-refractivity contribution in [3.8, 4) is 11.5 Å². The van der Waals surface area contributed by atoms with Gasteiger partial charge in [0.15, 0.2) is 16.6 Å². The predicted molar refractivity (Wildman–Crippen MR) is 113 cm³/mol. The highest BCUT2D eigenvalue weighted by Gasteiger charge is 2.17. The van der Waals surface area contributed by atoms with E-state index in [-0.39, 0.29) is 25.0 Å². The summed E-state index contributed by atoms with van der Waals surface area (Å²) >= 11 is 1.26. The molecular formula is C21H17N5O4S. The van der Waals surface area contributed by atoms with Crippen LogP contribution in [0.25, 0.3) is 5.65 Å². The monoisotopic (exact) mass is 435 g/mol. The summed E-state index contributed by atoms with van der Waals surface area (Å²) in [4.78, 5) is 33.5. The molecule has 10 heteroatoms. The summed E-state index contributed by atoms with van der Waals surface area (Å²) in [5.74, 6) is 0.670. The SMILES string of the molecule is O=C(Cc1csc(NC(=O)c2ccc3c(c2)OCO3)n1)NCc1cn2ccccc2n1. The maximum atomic E-state index is 12.4. The number of rotatable bonds is 6. The molecule has 0 fully saturated rings. The quantitative estimate of drug-likeness (QED) is 0.482. The highest BCUT2D eigenvalue weighted by Crippen LogP contribution is 2.32. The fraction of sp³-hybridized carbons (Fsp3) is 0.143. The Hall–Kier alpha value is -3.92. The van der Waals surface area contributed by atoms with E-state index in [4.69, 9.17) is 9.47 Å². The zero-order chi connectivity index (χ0) is 21.2. The van der Waals surface area contributed by atoms with E-state index in [2.05, 4.69) is 20.6 Å². The van der Waals surface area contributed by atoms with Gasteiger partial charge in [-0.05, 0) is 30.3 Å². The number of benzene rings is 1. The molecule has 0 atom stereocenters. The van der Waals surface area contributed by atoms with Gasteiger partial charge in [0.2, 0.25) is 12.7 Å². The lowest BCUT2D eigenvalue weighted by atomic mass is 10.2. The summed E-state index contributed by atoms with van der Waals surface area (Å²) in [6, 6.07) is 10.7. The van der Waals surface area contributed by atoms with Crippen LogP contribution in [0.1, 0.15) is 21.7 Å². The van der Waals surface area contributed by atoms with E-state index in [1.165, 1.54) is 11.3 Å². The Labute approximate surface area is 180 Å². The molecule has 0 spiro atoms. The fourth-order valence-electron chi connectivity index (χ4n) is 3.14.